The third-order valence-corrected chi connectivity index (χ3v) is 6.80. The molecule has 2 amide bonds. The zero-order chi connectivity index (χ0) is 25.6. The Bertz CT molecular complexity index is 1110. The van der Waals surface area contributed by atoms with Crippen LogP contribution in [0.2, 0.25) is 5.02 Å². The number of rotatable bonds is 10. The molecule has 7 nitrogen and oxygen atoms in total. The Morgan fingerprint density at radius 2 is 1.65 bits per heavy atom. The topological polar surface area (TPSA) is 86.8 Å². The SMILES string of the molecule is CC[C@@H](C(=O)NC(C)C)N(Cc1ccccc1Cl)C(=O)CN(c1cc(C)cc(C)c1)S(C)(=O)=O. The molecule has 2 aromatic rings. The second-order valence-corrected chi connectivity index (χ2v) is 11.1. The van der Waals surface area contributed by atoms with Crippen molar-refractivity contribution in [2.24, 2.45) is 0 Å². The molecule has 1 N–H and O–H groups in total. The highest BCUT2D eigenvalue weighted by molar-refractivity contribution is 7.92. The van der Waals surface area contributed by atoms with Gasteiger partial charge in [-0.25, -0.2) is 8.42 Å². The van der Waals surface area contributed by atoms with Crippen LogP contribution in [-0.4, -0.2) is 50.0 Å². The fourth-order valence-corrected chi connectivity index (χ4v) is 4.85. The van der Waals surface area contributed by atoms with Crippen LogP contribution >= 0.6 is 11.6 Å². The van der Waals surface area contributed by atoms with Crippen LogP contribution in [0.5, 0.6) is 0 Å². The average molecular weight is 508 g/mol. The van der Waals surface area contributed by atoms with Crippen LogP contribution < -0.4 is 9.62 Å². The summed E-state index contributed by atoms with van der Waals surface area (Å²) in [7, 11) is -3.77. The molecule has 186 valence electrons. The summed E-state index contributed by atoms with van der Waals surface area (Å²) in [5.41, 5.74) is 2.84. The molecule has 0 heterocycles. The van der Waals surface area contributed by atoms with Gasteiger partial charge in [-0.1, -0.05) is 42.8 Å². The molecule has 0 saturated carbocycles. The lowest BCUT2D eigenvalue weighted by atomic mass is 10.1. The molecule has 0 fully saturated rings. The molecule has 0 bridgehead atoms. The number of carbonyl (C=O) groups is 2. The van der Waals surface area contributed by atoms with Gasteiger partial charge in [-0.05, 0) is 69.0 Å². The third-order valence-electron chi connectivity index (χ3n) is 5.29. The van der Waals surface area contributed by atoms with Crippen molar-refractivity contribution in [1.29, 1.82) is 0 Å². The van der Waals surface area contributed by atoms with Crippen LogP contribution in [0.1, 0.15) is 43.9 Å². The van der Waals surface area contributed by atoms with E-state index in [1.165, 1.54) is 4.90 Å². The number of halogens is 1. The summed E-state index contributed by atoms with van der Waals surface area (Å²) in [6.07, 6.45) is 1.43. The Kier molecular flexibility index (Phi) is 9.53. The first kappa shape index (κ1) is 27.7. The molecule has 0 aliphatic rings. The van der Waals surface area contributed by atoms with E-state index in [0.29, 0.717) is 22.7 Å². The predicted molar refractivity (Wildman–Crippen MR) is 137 cm³/mol. The van der Waals surface area contributed by atoms with E-state index in [-0.39, 0.29) is 18.5 Å². The molecule has 0 spiro atoms. The van der Waals surface area contributed by atoms with E-state index in [9.17, 15) is 18.0 Å². The number of carbonyl (C=O) groups excluding carboxylic acids is 2. The first-order valence-electron chi connectivity index (χ1n) is 11.2. The van der Waals surface area contributed by atoms with E-state index < -0.39 is 28.5 Å². The highest BCUT2D eigenvalue weighted by Crippen LogP contribution is 2.24. The van der Waals surface area contributed by atoms with Crippen molar-refractivity contribution in [3.05, 3.63) is 64.2 Å². The van der Waals surface area contributed by atoms with Crippen molar-refractivity contribution < 1.29 is 18.0 Å². The maximum absolute atomic E-state index is 13.6. The van der Waals surface area contributed by atoms with Crippen molar-refractivity contribution in [2.75, 3.05) is 17.1 Å². The quantitative estimate of drug-likeness (QED) is 0.525. The second kappa shape index (κ2) is 11.7. The van der Waals surface area contributed by atoms with Crippen molar-refractivity contribution in [2.45, 2.75) is 59.7 Å². The summed E-state index contributed by atoms with van der Waals surface area (Å²) in [5.74, 6) is -0.787. The molecule has 0 saturated heterocycles. The van der Waals surface area contributed by atoms with Gasteiger partial charge in [0.25, 0.3) is 0 Å². The van der Waals surface area contributed by atoms with Crippen molar-refractivity contribution >= 4 is 39.1 Å². The summed E-state index contributed by atoms with van der Waals surface area (Å²) < 4.78 is 26.5. The summed E-state index contributed by atoms with van der Waals surface area (Å²) in [6, 6.07) is 11.6. The molecule has 0 aliphatic heterocycles. The molecule has 0 radical (unpaired) electrons. The third kappa shape index (κ3) is 7.46. The van der Waals surface area contributed by atoms with Crippen molar-refractivity contribution in [3.63, 3.8) is 0 Å². The van der Waals surface area contributed by atoms with Crippen molar-refractivity contribution in [3.8, 4) is 0 Å². The molecule has 0 unspecified atom stereocenters. The fourth-order valence-electron chi connectivity index (χ4n) is 3.82. The number of hydrogen-bond acceptors (Lipinski definition) is 4. The van der Waals surface area contributed by atoms with Crippen LogP contribution in [0.25, 0.3) is 0 Å². The summed E-state index contributed by atoms with van der Waals surface area (Å²) >= 11 is 6.35. The van der Waals surface area contributed by atoms with Gasteiger partial charge in [-0.3, -0.25) is 13.9 Å². The standard InChI is InChI=1S/C25H34ClN3O4S/c1-7-23(25(31)27-17(2)3)28(15-20-10-8-9-11-22(20)26)24(30)16-29(34(6,32)33)21-13-18(4)12-19(5)14-21/h8-14,17,23H,7,15-16H2,1-6H3,(H,27,31)/t23-/m0/s1. The summed E-state index contributed by atoms with van der Waals surface area (Å²) in [6.45, 7) is 8.88. The van der Waals surface area contributed by atoms with E-state index in [2.05, 4.69) is 5.32 Å². The van der Waals surface area contributed by atoms with Gasteiger partial charge in [0.2, 0.25) is 21.8 Å². The van der Waals surface area contributed by atoms with Crippen LogP contribution in [0.15, 0.2) is 42.5 Å². The Morgan fingerprint density at radius 1 is 1.06 bits per heavy atom. The number of nitrogens with zero attached hydrogens (tertiary/aromatic N) is 2. The van der Waals surface area contributed by atoms with Gasteiger partial charge in [-0.15, -0.1) is 0 Å². The van der Waals surface area contributed by atoms with Gasteiger partial charge in [0.05, 0.1) is 11.9 Å². The number of hydrogen-bond donors (Lipinski definition) is 1. The van der Waals surface area contributed by atoms with Gasteiger partial charge >= 0.3 is 0 Å². The number of amides is 2. The number of benzene rings is 2. The molecule has 0 aliphatic carbocycles. The largest absolute Gasteiger partial charge is 0.352 e. The average Bonchev–Trinajstić information content (AvgIpc) is 2.70. The number of anilines is 1. The smallest absolute Gasteiger partial charge is 0.244 e. The molecule has 2 aromatic carbocycles. The van der Waals surface area contributed by atoms with Gasteiger partial charge in [0.1, 0.15) is 12.6 Å². The molecule has 9 heteroatoms. The van der Waals surface area contributed by atoms with Crippen LogP contribution in [0.3, 0.4) is 0 Å². The van der Waals surface area contributed by atoms with Crippen LogP contribution in [-0.2, 0) is 26.2 Å². The summed E-state index contributed by atoms with van der Waals surface area (Å²) in [4.78, 5) is 28.0. The van der Waals surface area contributed by atoms with Gasteiger partial charge in [0, 0.05) is 17.6 Å². The Balaban J connectivity index is 2.49. The van der Waals surface area contributed by atoms with E-state index in [1.54, 1.807) is 36.4 Å². The highest BCUT2D eigenvalue weighted by Gasteiger charge is 2.32. The second-order valence-electron chi connectivity index (χ2n) is 8.82. The lowest BCUT2D eigenvalue weighted by Crippen LogP contribution is -2.53. The molecule has 2 rings (SSSR count). The van der Waals surface area contributed by atoms with Crippen molar-refractivity contribution in [1.82, 2.24) is 10.2 Å². The first-order valence-corrected chi connectivity index (χ1v) is 13.4. The lowest BCUT2D eigenvalue weighted by Gasteiger charge is -2.33. The maximum Gasteiger partial charge on any atom is 0.244 e. The Morgan fingerprint density at radius 3 is 2.15 bits per heavy atom. The van der Waals surface area contributed by atoms with Gasteiger partial charge in [-0.2, -0.15) is 0 Å². The molecular formula is C25H34ClN3O4S. The van der Waals surface area contributed by atoms with E-state index >= 15 is 0 Å². The fraction of sp³-hybridized carbons (Fsp3) is 0.440. The minimum Gasteiger partial charge on any atom is -0.352 e. The number of sulfonamides is 1. The minimum absolute atomic E-state index is 0.0764. The molecular weight excluding hydrogens is 474 g/mol. The molecule has 1 atom stereocenters. The number of nitrogens with one attached hydrogen (secondary N) is 1. The first-order chi connectivity index (χ1) is 15.8. The van der Waals surface area contributed by atoms with Gasteiger partial charge in [0.15, 0.2) is 0 Å². The highest BCUT2D eigenvalue weighted by atomic mass is 35.5. The van der Waals surface area contributed by atoms with Crippen LogP contribution in [0.4, 0.5) is 5.69 Å². The zero-order valence-electron chi connectivity index (χ0n) is 20.6. The summed E-state index contributed by atoms with van der Waals surface area (Å²) in [5, 5.41) is 3.33. The lowest BCUT2D eigenvalue weighted by molar-refractivity contribution is -0.140. The van der Waals surface area contributed by atoms with E-state index in [1.807, 2.05) is 40.7 Å². The van der Waals surface area contributed by atoms with E-state index in [4.69, 9.17) is 11.6 Å². The molecule has 34 heavy (non-hydrogen) atoms. The van der Waals surface area contributed by atoms with E-state index in [0.717, 1.165) is 21.7 Å². The predicted octanol–water partition coefficient (Wildman–Crippen LogP) is 4.05. The Hall–Kier alpha value is -2.58. The molecule has 0 aromatic heterocycles. The monoisotopic (exact) mass is 507 g/mol. The maximum atomic E-state index is 13.6. The minimum atomic E-state index is -3.77. The number of aryl methyl sites for hydroxylation is 2. The van der Waals surface area contributed by atoms with Gasteiger partial charge < -0.3 is 10.2 Å². The normalized spacial score (nSPS) is 12.4. The zero-order valence-corrected chi connectivity index (χ0v) is 22.2. The van der Waals surface area contributed by atoms with Crippen LogP contribution in [0, 0.1) is 13.8 Å². The Labute approximate surface area is 208 Å².